The number of carbonyl (C=O) groups is 3. The van der Waals surface area contributed by atoms with Crippen molar-refractivity contribution in [3.63, 3.8) is 0 Å². The van der Waals surface area contributed by atoms with Crippen molar-refractivity contribution < 1.29 is 19.1 Å². The zero-order valence-corrected chi connectivity index (χ0v) is 17.3. The van der Waals surface area contributed by atoms with Crippen molar-refractivity contribution in [1.82, 2.24) is 4.90 Å². The van der Waals surface area contributed by atoms with Gasteiger partial charge in [-0.1, -0.05) is 55.8 Å². The lowest BCUT2D eigenvalue weighted by Crippen LogP contribution is -2.42. The van der Waals surface area contributed by atoms with Gasteiger partial charge in [-0.3, -0.25) is 9.59 Å². The first-order valence-corrected chi connectivity index (χ1v) is 10.5. The third kappa shape index (κ3) is 5.92. The molecule has 30 heavy (non-hydrogen) atoms. The molecule has 0 aromatic heterocycles. The van der Waals surface area contributed by atoms with Gasteiger partial charge in [0.2, 0.25) is 0 Å². The topological polar surface area (TPSA) is 75.7 Å². The number of nitrogens with one attached hydrogen (secondary N) is 1. The lowest BCUT2D eigenvalue weighted by atomic mass is 9.97. The van der Waals surface area contributed by atoms with Crippen molar-refractivity contribution >= 4 is 23.5 Å². The van der Waals surface area contributed by atoms with Gasteiger partial charge in [0.05, 0.1) is 5.92 Å². The van der Waals surface area contributed by atoms with Crippen LogP contribution in [0.3, 0.4) is 0 Å². The second-order valence-corrected chi connectivity index (χ2v) is 7.54. The summed E-state index contributed by atoms with van der Waals surface area (Å²) in [7, 11) is 0. The number of carbonyl (C=O) groups excluding carboxylic acids is 3. The Morgan fingerprint density at radius 1 is 1.00 bits per heavy atom. The number of aryl methyl sites for hydroxylation is 1. The summed E-state index contributed by atoms with van der Waals surface area (Å²) in [6, 6.07) is 16.5. The molecule has 2 aromatic carbocycles. The highest BCUT2D eigenvalue weighted by Gasteiger charge is 2.28. The third-order valence-electron chi connectivity index (χ3n) is 5.30. The zero-order chi connectivity index (χ0) is 21.3. The Labute approximate surface area is 177 Å². The van der Waals surface area contributed by atoms with Crippen LogP contribution in [-0.2, 0) is 16.0 Å². The van der Waals surface area contributed by atoms with Gasteiger partial charge in [-0.25, -0.2) is 4.79 Å². The van der Waals surface area contributed by atoms with Crippen molar-refractivity contribution in [2.75, 3.05) is 25.0 Å². The summed E-state index contributed by atoms with van der Waals surface area (Å²) >= 11 is 0. The molecule has 1 N–H and O–H groups in total. The van der Waals surface area contributed by atoms with Gasteiger partial charge in [-0.05, 0) is 37.0 Å². The van der Waals surface area contributed by atoms with E-state index in [9.17, 15) is 14.4 Å². The smallest absolute Gasteiger partial charge is 0.321 e. The second kappa shape index (κ2) is 10.6. The molecule has 0 saturated carbocycles. The number of nitrogens with zero attached hydrogens (tertiary/aromatic N) is 1. The fourth-order valence-corrected chi connectivity index (χ4v) is 3.53. The molecule has 6 nitrogen and oxygen atoms in total. The number of ether oxygens (including phenoxy) is 1. The summed E-state index contributed by atoms with van der Waals surface area (Å²) < 4.78 is 5.26. The minimum absolute atomic E-state index is 0.172. The molecule has 0 atom stereocenters. The Balaban J connectivity index is 1.41. The molecule has 1 aliphatic heterocycles. The van der Waals surface area contributed by atoms with E-state index in [0.717, 1.165) is 18.5 Å². The number of hydrogen-bond acceptors (Lipinski definition) is 4. The van der Waals surface area contributed by atoms with Gasteiger partial charge in [0, 0.05) is 24.3 Å². The molecule has 0 aliphatic carbocycles. The molecule has 1 fully saturated rings. The molecule has 2 amide bonds. The van der Waals surface area contributed by atoms with E-state index in [1.165, 1.54) is 5.56 Å². The summed E-state index contributed by atoms with van der Waals surface area (Å²) in [5.74, 6) is -0.856. The van der Waals surface area contributed by atoms with Crippen molar-refractivity contribution in [2.45, 2.75) is 32.6 Å². The highest BCUT2D eigenvalue weighted by molar-refractivity contribution is 5.98. The molecule has 6 heteroatoms. The number of para-hydroxylation sites is 1. The molecule has 0 unspecified atom stereocenters. The average molecular weight is 408 g/mol. The number of Topliss-reactive ketones (excluding diaryl/α,β-unsaturated/α-hetero) is 1. The monoisotopic (exact) mass is 408 g/mol. The van der Waals surface area contributed by atoms with Gasteiger partial charge >= 0.3 is 12.0 Å². The van der Waals surface area contributed by atoms with Crippen molar-refractivity contribution in [3.05, 3.63) is 65.7 Å². The van der Waals surface area contributed by atoms with Gasteiger partial charge in [0.15, 0.2) is 12.4 Å². The molecule has 0 radical (unpaired) electrons. The highest BCUT2D eigenvalue weighted by Crippen LogP contribution is 2.20. The highest BCUT2D eigenvalue weighted by atomic mass is 16.5. The van der Waals surface area contributed by atoms with E-state index >= 15 is 0 Å². The van der Waals surface area contributed by atoms with Crippen LogP contribution in [-0.4, -0.2) is 42.4 Å². The van der Waals surface area contributed by atoms with Crippen LogP contribution in [0.4, 0.5) is 10.5 Å². The van der Waals surface area contributed by atoms with E-state index in [-0.39, 0.29) is 30.3 Å². The largest absolute Gasteiger partial charge is 0.457 e. The van der Waals surface area contributed by atoms with Crippen molar-refractivity contribution in [3.8, 4) is 0 Å². The molecular weight excluding hydrogens is 380 g/mol. The fourth-order valence-electron chi connectivity index (χ4n) is 3.53. The van der Waals surface area contributed by atoms with E-state index in [1.54, 1.807) is 17.0 Å². The number of amides is 2. The number of likely N-dealkylation sites (tertiary alicyclic amines) is 1. The zero-order valence-electron chi connectivity index (χ0n) is 17.3. The average Bonchev–Trinajstić information content (AvgIpc) is 2.78. The Bertz CT molecular complexity index is 857. The van der Waals surface area contributed by atoms with Crippen LogP contribution in [0.1, 0.15) is 42.1 Å². The Morgan fingerprint density at radius 2 is 1.67 bits per heavy atom. The molecule has 2 aromatic rings. The lowest BCUT2D eigenvalue weighted by Gasteiger charge is -2.30. The second-order valence-electron chi connectivity index (χ2n) is 7.54. The SMILES string of the molecule is CCCc1ccc(C(=O)COC(=O)C2CCN(C(=O)Nc3ccccc3)CC2)cc1. The van der Waals surface area contributed by atoms with Crippen molar-refractivity contribution in [1.29, 1.82) is 0 Å². The van der Waals surface area contributed by atoms with Crippen LogP contribution in [0, 0.1) is 5.92 Å². The minimum Gasteiger partial charge on any atom is -0.457 e. The third-order valence-corrected chi connectivity index (χ3v) is 5.30. The minimum atomic E-state index is -0.367. The van der Waals surface area contributed by atoms with Crippen molar-refractivity contribution in [2.24, 2.45) is 5.92 Å². The number of esters is 1. The first-order valence-electron chi connectivity index (χ1n) is 10.5. The number of urea groups is 1. The molecule has 1 saturated heterocycles. The quantitative estimate of drug-likeness (QED) is 0.547. The van der Waals surface area contributed by atoms with Crippen LogP contribution in [0.5, 0.6) is 0 Å². The molecular formula is C24H28N2O4. The molecule has 0 spiro atoms. The predicted octanol–water partition coefficient (Wildman–Crippen LogP) is 4.31. The number of rotatable bonds is 7. The summed E-state index contributed by atoms with van der Waals surface area (Å²) in [5.41, 5.74) is 2.48. The maximum atomic E-state index is 12.3. The molecule has 1 heterocycles. The van der Waals surface area contributed by atoms with Gasteiger partial charge in [-0.15, -0.1) is 0 Å². The summed E-state index contributed by atoms with van der Waals surface area (Å²) in [5, 5.41) is 2.85. The predicted molar refractivity (Wildman–Crippen MR) is 115 cm³/mol. The molecule has 1 aliphatic rings. The van der Waals surface area contributed by atoms with Crippen LogP contribution in [0.15, 0.2) is 54.6 Å². The standard InChI is InChI=1S/C24H28N2O4/c1-2-6-18-9-11-19(12-10-18)22(27)17-30-23(28)20-13-15-26(16-14-20)24(29)25-21-7-4-3-5-8-21/h3-5,7-12,20H,2,6,13-17H2,1H3,(H,25,29). The van der Waals surface area contributed by atoms with Crippen LogP contribution in [0.25, 0.3) is 0 Å². The molecule has 3 rings (SSSR count). The maximum absolute atomic E-state index is 12.3. The van der Waals surface area contributed by atoms with Crippen LogP contribution < -0.4 is 5.32 Å². The summed E-state index contributed by atoms with van der Waals surface area (Å²) in [6.07, 6.45) is 3.09. The van der Waals surface area contributed by atoms with E-state index in [2.05, 4.69) is 12.2 Å². The van der Waals surface area contributed by atoms with Crippen LogP contribution in [0.2, 0.25) is 0 Å². The Morgan fingerprint density at radius 3 is 2.30 bits per heavy atom. The van der Waals surface area contributed by atoms with Gasteiger partial charge in [0.25, 0.3) is 0 Å². The normalized spacial score (nSPS) is 14.2. The first kappa shape index (κ1) is 21.6. The lowest BCUT2D eigenvalue weighted by molar-refractivity contribution is -0.148. The number of piperidine rings is 1. The van der Waals surface area contributed by atoms with Gasteiger partial charge in [-0.2, -0.15) is 0 Å². The summed E-state index contributed by atoms with van der Waals surface area (Å²) in [4.78, 5) is 38.7. The van der Waals surface area contributed by atoms with E-state index in [1.807, 2.05) is 42.5 Å². The molecule has 158 valence electrons. The number of anilines is 1. The Kier molecular flexibility index (Phi) is 7.60. The van der Waals surface area contributed by atoms with Gasteiger partial charge in [0.1, 0.15) is 0 Å². The first-order chi connectivity index (χ1) is 14.6. The van der Waals surface area contributed by atoms with E-state index in [0.29, 0.717) is 31.5 Å². The van der Waals surface area contributed by atoms with Gasteiger partial charge < -0.3 is 15.0 Å². The van der Waals surface area contributed by atoms with Crippen LogP contribution >= 0.6 is 0 Å². The summed E-state index contributed by atoms with van der Waals surface area (Å²) in [6.45, 7) is 2.82. The number of hydrogen-bond donors (Lipinski definition) is 1. The Hall–Kier alpha value is -3.15. The fraction of sp³-hybridized carbons (Fsp3) is 0.375. The number of ketones is 1. The maximum Gasteiger partial charge on any atom is 0.321 e. The van der Waals surface area contributed by atoms with E-state index in [4.69, 9.17) is 4.74 Å². The number of benzene rings is 2. The molecule has 0 bridgehead atoms. The van der Waals surface area contributed by atoms with E-state index < -0.39 is 0 Å².